The van der Waals surface area contributed by atoms with Gasteiger partial charge in [-0.1, -0.05) is 28.9 Å². The van der Waals surface area contributed by atoms with Crippen molar-refractivity contribution in [1.29, 1.82) is 0 Å². The van der Waals surface area contributed by atoms with Gasteiger partial charge in [0.1, 0.15) is 5.76 Å². The highest BCUT2D eigenvalue weighted by Crippen LogP contribution is 2.20. The van der Waals surface area contributed by atoms with Crippen LogP contribution in [0.25, 0.3) is 5.69 Å². The molecule has 1 aromatic carbocycles. The average molecular weight is 410 g/mol. The SMILES string of the molecule is Cc1onc(C(=O)NC(C)c2cccc(-n3cccc3)c2)c1Cn1cc(Cl)cn1. The first-order valence-electron chi connectivity index (χ1n) is 9.18. The van der Waals surface area contributed by atoms with E-state index in [4.69, 9.17) is 16.1 Å². The van der Waals surface area contributed by atoms with Crippen molar-refractivity contribution in [3.05, 3.63) is 88.8 Å². The molecule has 0 aliphatic heterocycles. The second kappa shape index (κ2) is 7.97. The molecule has 0 saturated heterocycles. The number of aromatic nitrogens is 4. The maximum absolute atomic E-state index is 12.9. The highest BCUT2D eigenvalue weighted by Gasteiger charge is 2.22. The van der Waals surface area contributed by atoms with Crippen molar-refractivity contribution in [3.63, 3.8) is 0 Å². The molecule has 3 heterocycles. The fourth-order valence-corrected chi connectivity index (χ4v) is 3.31. The minimum Gasteiger partial charge on any atom is -0.361 e. The van der Waals surface area contributed by atoms with Crippen LogP contribution in [0.5, 0.6) is 0 Å². The molecule has 1 N–H and O–H groups in total. The molecule has 29 heavy (non-hydrogen) atoms. The fourth-order valence-electron chi connectivity index (χ4n) is 3.15. The first-order valence-corrected chi connectivity index (χ1v) is 9.56. The Kier molecular flexibility index (Phi) is 5.22. The number of nitrogens with one attached hydrogen (secondary N) is 1. The first-order chi connectivity index (χ1) is 14.0. The molecule has 0 saturated carbocycles. The van der Waals surface area contributed by atoms with Gasteiger partial charge in [-0.2, -0.15) is 5.10 Å². The number of hydrogen-bond donors (Lipinski definition) is 1. The summed E-state index contributed by atoms with van der Waals surface area (Å²) < 4.78 is 8.92. The van der Waals surface area contributed by atoms with Crippen molar-refractivity contribution in [1.82, 2.24) is 24.8 Å². The molecule has 4 aromatic rings. The molecule has 0 aliphatic carbocycles. The number of rotatable bonds is 6. The largest absolute Gasteiger partial charge is 0.361 e. The van der Waals surface area contributed by atoms with Crippen LogP contribution in [0.4, 0.5) is 0 Å². The van der Waals surface area contributed by atoms with Gasteiger partial charge >= 0.3 is 0 Å². The van der Waals surface area contributed by atoms with Gasteiger partial charge in [-0.25, -0.2) is 0 Å². The molecule has 0 bridgehead atoms. The molecule has 8 heteroatoms. The lowest BCUT2D eigenvalue weighted by Crippen LogP contribution is -2.28. The quantitative estimate of drug-likeness (QED) is 0.518. The van der Waals surface area contributed by atoms with Crippen molar-refractivity contribution in [3.8, 4) is 5.69 Å². The van der Waals surface area contributed by atoms with Crippen LogP contribution in [0.1, 0.15) is 40.3 Å². The van der Waals surface area contributed by atoms with Crippen LogP contribution in [0.15, 0.2) is 65.7 Å². The van der Waals surface area contributed by atoms with Crippen molar-refractivity contribution in [2.45, 2.75) is 26.4 Å². The maximum atomic E-state index is 12.9. The summed E-state index contributed by atoms with van der Waals surface area (Å²) in [4.78, 5) is 12.9. The van der Waals surface area contributed by atoms with Gasteiger partial charge in [0.05, 0.1) is 23.8 Å². The number of amides is 1. The van der Waals surface area contributed by atoms with Gasteiger partial charge in [-0.3, -0.25) is 9.48 Å². The molecule has 4 rings (SSSR count). The third-order valence-corrected chi connectivity index (χ3v) is 4.94. The lowest BCUT2D eigenvalue weighted by molar-refractivity contribution is 0.0929. The molecular weight excluding hydrogens is 390 g/mol. The number of aryl methyl sites for hydroxylation is 1. The van der Waals surface area contributed by atoms with Crippen LogP contribution in [0, 0.1) is 6.92 Å². The zero-order valence-corrected chi connectivity index (χ0v) is 16.8. The van der Waals surface area contributed by atoms with E-state index in [1.54, 1.807) is 24.0 Å². The number of carbonyl (C=O) groups is 1. The standard InChI is InChI=1S/C21H20ClN5O2/c1-14(16-6-5-7-18(10-16)26-8-3-4-9-26)24-21(28)20-19(15(2)29-25-20)13-27-12-17(22)11-23-27/h3-12,14H,13H2,1-2H3,(H,24,28). The number of benzene rings is 1. The van der Waals surface area contributed by atoms with Crippen molar-refractivity contribution in [2.75, 3.05) is 0 Å². The zero-order chi connectivity index (χ0) is 20.4. The Balaban J connectivity index is 1.52. The second-order valence-electron chi connectivity index (χ2n) is 6.80. The number of carbonyl (C=O) groups excluding carboxylic acids is 1. The van der Waals surface area contributed by atoms with Gasteiger partial charge in [-0.15, -0.1) is 0 Å². The first kappa shape index (κ1) is 19.0. The maximum Gasteiger partial charge on any atom is 0.274 e. The van der Waals surface area contributed by atoms with Crippen LogP contribution >= 0.6 is 11.6 Å². The van der Waals surface area contributed by atoms with Crippen LogP contribution in [0.3, 0.4) is 0 Å². The Morgan fingerprint density at radius 1 is 1.28 bits per heavy atom. The summed E-state index contributed by atoms with van der Waals surface area (Å²) >= 11 is 5.93. The number of nitrogens with zero attached hydrogens (tertiary/aromatic N) is 4. The number of halogens is 1. The van der Waals surface area contributed by atoms with Crippen LogP contribution in [-0.2, 0) is 6.54 Å². The zero-order valence-electron chi connectivity index (χ0n) is 16.0. The molecule has 0 fully saturated rings. The van der Waals surface area contributed by atoms with Gasteiger partial charge in [-0.05, 0) is 43.7 Å². The average Bonchev–Trinajstić information content (AvgIpc) is 3.45. The molecule has 0 aliphatic rings. The summed E-state index contributed by atoms with van der Waals surface area (Å²) in [6.45, 7) is 4.06. The Labute approximate surface area is 172 Å². The van der Waals surface area contributed by atoms with Gasteiger partial charge in [0.15, 0.2) is 5.69 Å². The Morgan fingerprint density at radius 3 is 2.79 bits per heavy atom. The predicted octanol–water partition coefficient (Wildman–Crippen LogP) is 4.16. The molecule has 1 amide bonds. The van der Waals surface area contributed by atoms with Crippen LogP contribution in [0.2, 0.25) is 5.02 Å². The summed E-state index contributed by atoms with van der Waals surface area (Å²) in [5.74, 6) is 0.276. The van der Waals surface area contributed by atoms with E-state index >= 15 is 0 Å². The van der Waals surface area contributed by atoms with Crippen molar-refractivity contribution >= 4 is 17.5 Å². The van der Waals surface area contributed by atoms with Gasteiger partial charge in [0, 0.05) is 29.8 Å². The molecule has 7 nitrogen and oxygen atoms in total. The lowest BCUT2D eigenvalue weighted by atomic mass is 10.1. The van der Waals surface area contributed by atoms with E-state index in [1.807, 2.05) is 60.3 Å². The van der Waals surface area contributed by atoms with Gasteiger partial charge in [0.25, 0.3) is 5.91 Å². The summed E-state index contributed by atoms with van der Waals surface area (Å²) in [5, 5.41) is 11.6. The Hall–Kier alpha value is -3.32. The smallest absolute Gasteiger partial charge is 0.274 e. The Bertz CT molecular complexity index is 1130. The molecule has 0 spiro atoms. The minimum absolute atomic E-state index is 0.206. The van der Waals surface area contributed by atoms with Crippen molar-refractivity contribution in [2.24, 2.45) is 0 Å². The van der Waals surface area contributed by atoms with E-state index in [0.717, 1.165) is 11.3 Å². The molecule has 3 aromatic heterocycles. The van der Waals surface area contributed by atoms with Crippen molar-refractivity contribution < 1.29 is 9.32 Å². The molecule has 0 radical (unpaired) electrons. The van der Waals surface area contributed by atoms with E-state index < -0.39 is 0 Å². The van der Waals surface area contributed by atoms with E-state index in [0.29, 0.717) is 22.9 Å². The molecular formula is C21H20ClN5O2. The molecule has 148 valence electrons. The minimum atomic E-state index is -0.297. The lowest BCUT2D eigenvalue weighted by Gasteiger charge is -2.15. The van der Waals surface area contributed by atoms with Gasteiger partial charge < -0.3 is 14.4 Å². The summed E-state index contributed by atoms with van der Waals surface area (Å²) in [6.07, 6.45) is 7.19. The van der Waals surface area contributed by atoms with Crippen LogP contribution in [-0.4, -0.2) is 25.4 Å². The van der Waals surface area contributed by atoms with E-state index in [-0.39, 0.29) is 17.6 Å². The third-order valence-electron chi connectivity index (χ3n) is 4.74. The molecule has 1 atom stereocenters. The predicted molar refractivity (Wildman–Crippen MR) is 109 cm³/mol. The second-order valence-corrected chi connectivity index (χ2v) is 7.24. The van der Waals surface area contributed by atoms with Gasteiger partial charge in [0.2, 0.25) is 0 Å². The third kappa shape index (κ3) is 4.09. The Morgan fingerprint density at radius 2 is 2.07 bits per heavy atom. The summed E-state index contributed by atoms with van der Waals surface area (Å²) in [7, 11) is 0. The fraction of sp³-hybridized carbons (Fsp3) is 0.190. The topological polar surface area (TPSA) is 77.9 Å². The van der Waals surface area contributed by atoms with E-state index in [1.165, 1.54) is 0 Å². The van der Waals surface area contributed by atoms with E-state index in [9.17, 15) is 4.79 Å². The molecule has 1 unspecified atom stereocenters. The highest BCUT2D eigenvalue weighted by atomic mass is 35.5. The number of hydrogen-bond acceptors (Lipinski definition) is 4. The monoisotopic (exact) mass is 409 g/mol. The summed E-state index contributed by atoms with van der Waals surface area (Å²) in [6, 6.07) is 11.8. The highest BCUT2D eigenvalue weighted by molar-refractivity contribution is 6.30. The van der Waals surface area contributed by atoms with E-state index in [2.05, 4.69) is 15.6 Å². The van der Waals surface area contributed by atoms with Crippen LogP contribution < -0.4 is 5.32 Å². The normalized spacial score (nSPS) is 12.1. The summed E-state index contributed by atoms with van der Waals surface area (Å²) in [5.41, 5.74) is 2.95.